The summed E-state index contributed by atoms with van der Waals surface area (Å²) in [6.07, 6.45) is 0.676. The molecule has 1 heterocycles. The number of carbonyl (C=O) groups is 1. The van der Waals surface area contributed by atoms with Gasteiger partial charge in [-0.3, -0.25) is 0 Å². The van der Waals surface area contributed by atoms with E-state index in [2.05, 4.69) is 10.6 Å². The summed E-state index contributed by atoms with van der Waals surface area (Å²) in [5, 5.41) is 6.07. The highest BCUT2D eigenvalue weighted by molar-refractivity contribution is 7.80. The summed E-state index contributed by atoms with van der Waals surface area (Å²) in [5.41, 5.74) is 0. The maximum absolute atomic E-state index is 11.1. The molecule has 0 radical (unpaired) electrons. The second-order valence-electron chi connectivity index (χ2n) is 2.76. The average Bonchev–Trinajstić information content (AvgIpc) is 2.30. The molecule has 2 unspecified atom stereocenters. The minimum atomic E-state index is -0.278. The fraction of sp³-hybridized carbons (Fsp3) is 0.714. The summed E-state index contributed by atoms with van der Waals surface area (Å²) in [6, 6.07) is -0.278. The van der Waals surface area contributed by atoms with Crippen molar-refractivity contribution in [1.82, 2.24) is 10.6 Å². The monoisotopic (exact) mass is 188 g/mol. The van der Waals surface area contributed by atoms with Gasteiger partial charge in [0.15, 0.2) is 5.11 Å². The quantitative estimate of drug-likeness (QED) is 0.440. The van der Waals surface area contributed by atoms with Crippen LogP contribution in [-0.4, -0.2) is 30.3 Å². The molecule has 0 aromatic carbocycles. The number of nitrogens with one attached hydrogen (secondary N) is 2. The predicted octanol–water partition coefficient (Wildman–Crippen LogP) is -0.216. The number of hydrogen-bond acceptors (Lipinski definition) is 3. The molecular weight excluding hydrogens is 176 g/mol. The Morgan fingerprint density at radius 3 is 2.83 bits per heavy atom. The van der Waals surface area contributed by atoms with Gasteiger partial charge in [-0.2, -0.15) is 0 Å². The third-order valence-corrected chi connectivity index (χ3v) is 2.02. The first-order valence-corrected chi connectivity index (χ1v) is 4.23. The fourth-order valence-electron chi connectivity index (χ4n) is 1.10. The summed E-state index contributed by atoms with van der Waals surface area (Å²) in [5.74, 6) is -0.222. The van der Waals surface area contributed by atoms with E-state index in [-0.39, 0.29) is 18.1 Å². The van der Waals surface area contributed by atoms with Gasteiger partial charge in [0.05, 0.1) is 0 Å². The van der Waals surface area contributed by atoms with Gasteiger partial charge in [-0.25, -0.2) is 4.79 Å². The van der Waals surface area contributed by atoms with Gasteiger partial charge in [0.2, 0.25) is 0 Å². The zero-order chi connectivity index (χ0) is 9.14. The van der Waals surface area contributed by atoms with Gasteiger partial charge < -0.3 is 15.4 Å². The van der Waals surface area contributed by atoms with Gasteiger partial charge in [-0.15, -0.1) is 0 Å². The molecule has 0 aliphatic carbocycles. The Kier molecular flexibility index (Phi) is 2.86. The molecule has 0 spiro atoms. The highest BCUT2D eigenvalue weighted by atomic mass is 32.1. The van der Waals surface area contributed by atoms with Crippen LogP contribution in [0.25, 0.3) is 0 Å². The van der Waals surface area contributed by atoms with Crippen LogP contribution in [0.3, 0.4) is 0 Å². The van der Waals surface area contributed by atoms with Crippen molar-refractivity contribution in [1.29, 1.82) is 0 Å². The number of cyclic esters (lactones) is 1. The molecule has 2 atom stereocenters. The van der Waals surface area contributed by atoms with Gasteiger partial charge in [-0.1, -0.05) is 0 Å². The summed E-state index contributed by atoms with van der Waals surface area (Å²) in [4.78, 5) is 11.1. The maximum atomic E-state index is 11.1. The Labute approximate surface area is 76.7 Å². The molecule has 0 aromatic rings. The Balaban J connectivity index is 2.43. The molecular formula is C7H12N2O2S. The van der Waals surface area contributed by atoms with Gasteiger partial charge in [0, 0.05) is 13.5 Å². The lowest BCUT2D eigenvalue weighted by molar-refractivity contribution is -0.142. The van der Waals surface area contributed by atoms with Crippen molar-refractivity contribution < 1.29 is 9.53 Å². The minimum absolute atomic E-state index is 0.00495. The van der Waals surface area contributed by atoms with Gasteiger partial charge in [0.25, 0.3) is 0 Å². The molecule has 0 bridgehead atoms. The van der Waals surface area contributed by atoms with E-state index in [1.807, 2.05) is 6.92 Å². The zero-order valence-corrected chi connectivity index (χ0v) is 7.90. The van der Waals surface area contributed by atoms with Crippen molar-refractivity contribution in [3.05, 3.63) is 0 Å². The first kappa shape index (κ1) is 9.25. The van der Waals surface area contributed by atoms with Crippen molar-refractivity contribution in [3.63, 3.8) is 0 Å². The number of rotatable bonds is 1. The van der Waals surface area contributed by atoms with Crippen molar-refractivity contribution in [2.45, 2.75) is 25.5 Å². The van der Waals surface area contributed by atoms with E-state index in [4.69, 9.17) is 17.0 Å². The molecule has 4 nitrogen and oxygen atoms in total. The Morgan fingerprint density at radius 1 is 1.75 bits per heavy atom. The standard InChI is InChI=1S/C7H12N2O2S/c1-4-3-5(6(10)11-4)9-7(12)8-2/h4-5H,3H2,1-2H3,(H2,8,9,12). The van der Waals surface area contributed by atoms with Crippen LogP contribution in [0.1, 0.15) is 13.3 Å². The Morgan fingerprint density at radius 2 is 2.42 bits per heavy atom. The van der Waals surface area contributed by atoms with E-state index in [0.717, 1.165) is 0 Å². The fourth-order valence-corrected chi connectivity index (χ4v) is 1.25. The molecule has 1 aliphatic heterocycles. The maximum Gasteiger partial charge on any atom is 0.329 e. The van der Waals surface area contributed by atoms with E-state index in [0.29, 0.717) is 11.5 Å². The molecule has 1 fully saturated rings. The number of thiocarbonyl (C=S) groups is 1. The normalized spacial score (nSPS) is 28.0. The van der Waals surface area contributed by atoms with Gasteiger partial charge >= 0.3 is 5.97 Å². The minimum Gasteiger partial charge on any atom is -0.461 e. The molecule has 2 N–H and O–H groups in total. The first-order chi connectivity index (χ1) is 5.63. The van der Waals surface area contributed by atoms with E-state index >= 15 is 0 Å². The molecule has 5 heteroatoms. The van der Waals surface area contributed by atoms with E-state index < -0.39 is 0 Å². The molecule has 0 amide bonds. The largest absolute Gasteiger partial charge is 0.461 e. The van der Waals surface area contributed by atoms with Crippen molar-refractivity contribution >= 4 is 23.3 Å². The first-order valence-electron chi connectivity index (χ1n) is 3.82. The number of carbonyl (C=O) groups excluding carboxylic acids is 1. The van der Waals surface area contributed by atoms with Crippen LogP contribution in [0.15, 0.2) is 0 Å². The number of ether oxygens (including phenoxy) is 1. The topological polar surface area (TPSA) is 50.4 Å². The summed E-state index contributed by atoms with van der Waals surface area (Å²) >= 11 is 4.85. The SMILES string of the molecule is CNC(=S)NC1CC(C)OC1=O. The summed E-state index contributed by atoms with van der Waals surface area (Å²) in [6.45, 7) is 1.86. The lowest BCUT2D eigenvalue weighted by Crippen LogP contribution is -2.42. The zero-order valence-electron chi connectivity index (χ0n) is 7.09. The highest BCUT2D eigenvalue weighted by Crippen LogP contribution is 2.13. The second-order valence-corrected chi connectivity index (χ2v) is 3.17. The predicted molar refractivity (Wildman–Crippen MR) is 48.8 cm³/mol. The van der Waals surface area contributed by atoms with Crippen LogP contribution < -0.4 is 10.6 Å². The van der Waals surface area contributed by atoms with Crippen LogP contribution in [0, 0.1) is 0 Å². The van der Waals surface area contributed by atoms with Crippen molar-refractivity contribution in [3.8, 4) is 0 Å². The Bertz CT molecular complexity index is 208. The van der Waals surface area contributed by atoms with E-state index in [1.54, 1.807) is 7.05 Å². The third-order valence-electron chi connectivity index (χ3n) is 1.70. The molecule has 12 heavy (non-hydrogen) atoms. The molecule has 0 aromatic heterocycles. The summed E-state index contributed by atoms with van der Waals surface area (Å²) in [7, 11) is 1.71. The molecule has 1 saturated heterocycles. The van der Waals surface area contributed by atoms with E-state index in [1.165, 1.54) is 0 Å². The van der Waals surface area contributed by atoms with Crippen LogP contribution in [0.4, 0.5) is 0 Å². The lowest BCUT2D eigenvalue weighted by atomic mass is 10.2. The average molecular weight is 188 g/mol. The number of hydrogen-bond donors (Lipinski definition) is 2. The molecule has 68 valence electrons. The highest BCUT2D eigenvalue weighted by Gasteiger charge is 2.31. The van der Waals surface area contributed by atoms with Crippen molar-refractivity contribution in [2.75, 3.05) is 7.05 Å². The Hall–Kier alpha value is -0.840. The van der Waals surface area contributed by atoms with Crippen molar-refractivity contribution in [2.24, 2.45) is 0 Å². The van der Waals surface area contributed by atoms with E-state index in [9.17, 15) is 4.79 Å². The second kappa shape index (κ2) is 3.71. The van der Waals surface area contributed by atoms with Crippen LogP contribution in [0.5, 0.6) is 0 Å². The summed E-state index contributed by atoms with van der Waals surface area (Å²) < 4.78 is 4.93. The molecule has 1 rings (SSSR count). The van der Waals surface area contributed by atoms with Crippen LogP contribution >= 0.6 is 12.2 Å². The van der Waals surface area contributed by atoms with Gasteiger partial charge in [0.1, 0.15) is 12.1 Å². The van der Waals surface area contributed by atoms with Crippen LogP contribution in [0.2, 0.25) is 0 Å². The number of esters is 1. The smallest absolute Gasteiger partial charge is 0.329 e. The molecule has 0 saturated carbocycles. The molecule has 1 aliphatic rings. The lowest BCUT2D eigenvalue weighted by Gasteiger charge is -2.09. The van der Waals surface area contributed by atoms with Gasteiger partial charge in [-0.05, 0) is 19.1 Å². The van der Waals surface area contributed by atoms with Crippen LogP contribution in [-0.2, 0) is 9.53 Å². The third kappa shape index (κ3) is 2.07.